The van der Waals surface area contributed by atoms with Gasteiger partial charge in [0, 0.05) is 13.1 Å². The Hall–Kier alpha value is -0.780. The van der Waals surface area contributed by atoms with Gasteiger partial charge >= 0.3 is 0 Å². The maximum absolute atomic E-state index is 12.4. The van der Waals surface area contributed by atoms with Gasteiger partial charge in [0.2, 0.25) is 0 Å². The number of nitrogens with zero attached hydrogens (tertiary/aromatic N) is 1. The van der Waals surface area contributed by atoms with E-state index >= 15 is 0 Å². The van der Waals surface area contributed by atoms with Crippen LogP contribution >= 0.6 is 23.7 Å². The van der Waals surface area contributed by atoms with Crippen molar-refractivity contribution in [1.29, 1.82) is 0 Å². The Morgan fingerprint density at radius 1 is 1.47 bits per heavy atom. The summed E-state index contributed by atoms with van der Waals surface area (Å²) in [5.74, 6) is 0.761. The zero-order valence-electron chi connectivity index (χ0n) is 11.3. The van der Waals surface area contributed by atoms with Gasteiger partial charge in [0.15, 0.2) is 0 Å². The lowest BCUT2D eigenvalue weighted by atomic mass is 10.1. The number of thiophene rings is 1. The topological polar surface area (TPSA) is 41.6 Å². The van der Waals surface area contributed by atoms with Crippen molar-refractivity contribution < 1.29 is 9.53 Å². The van der Waals surface area contributed by atoms with E-state index in [1.165, 1.54) is 11.3 Å². The average molecular weight is 305 g/mol. The third-order valence-corrected chi connectivity index (χ3v) is 4.34. The van der Waals surface area contributed by atoms with Gasteiger partial charge in [0.25, 0.3) is 5.91 Å². The lowest BCUT2D eigenvalue weighted by Crippen LogP contribution is -2.37. The summed E-state index contributed by atoms with van der Waals surface area (Å²) in [5.41, 5.74) is 0. The number of amides is 1. The van der Waals surface area contributed by atoms with Crippen LogP contribution in [0.15, 0.2) is 11.4 Å². The Balaban J connectivity index is 0.00000180. The second kappa shape index (κ2) is 7.72. The predicted molar refractivity (Wildman–Crippen MR) is 80.7 cm³/mol. The van der Waals surface area contributed by atoms with Crippen LogP contribution in [0.1, 0.15) is 28.9 Å². The van der Waals surface area contributed by atoms with Gasteiger partial charge < -0.3 is 15.0 Å². The molecule has 6 heteroatoms. The van der Waals surface area contributed by atoms with Crippen LogP contribution in [0, 0.1) is 0 Å². The molecular formula is C13H21ClN2O2S. The number of rotatable bonds is 3. The Bertz CT molecular complexity index is 403. The molecule has 2 heterocycles. The molecule has 1 unspecified atom stereocenters. The van der Waals surface area contributed by atoms with Crippen molar-refractivity contribution in [3.8, 4) is 5.75 Å². The van der Waals surface area contributed by atoms with Crippen LogP contribution in [-0.4, -0.2) is 44.1 Å². The summed E-state index contributed by atoms with van der Waals surface area (Å²) in [7, 11) is 3.51. The van der Waals surface area contributed by atoms with Crippen molar-refractivity contribution in [3.05, 3.63) is 16.3 Å². The van der Waals surface area contributed by atoms with Crippen LogP contribution in [0.5, 0.6) is 5.75 Å². The number of hydrogen-bond acceptors (Lipinski definition) is 4. The molecule has 19 heavy (non-hydrogen) atoms. The van der Waals surface area contributed by atoms with Crippen molar-refractivity contribution in [2.75, 3.05) is 27.2 Å². The van der Waals surface area contributed by atoms with Crippen molar-refractivity contribution in [1.82, 2.24) is 10.2 Å². The molecular weight excluding hydrogens is 284 g/mol. The zero-order valence-corrected chi connectivity index (χ0v) is 13.0. The van der Waals surface area contributed by atoms with E-state index in [1.54, 1.807) is 7.11 Å². The highest BCUT2D eigenvalue weighted by Crippen LogP contribution is 2.27. The summed E-state index contributed by atoms with van der Waals surface area (Å²) < 4.78 is 5.22. The molecule has 4 nitrogen and oxygen atoms in total. The molecule has 0 aromatic carbocycles. The predicted octanol–water partition coefficient (Wildman–Crippen LogP) is 2.39. The number of carbonyl (C=O) groups excluding carboxylic acids is 1. The maximum Gasteiger partial charge on any atom is 0.267 e. The first-order valence-electron chi connectivity index (χ1n) is 6.33. The zero-order chi connectivity index (χ0) is 13.0. The largest absolute Gasteiger partial charge is 0.495 e. The average Bonchev–Trinajstić information content (AvgIpc) is 2.70. The molecule has 1 amide bonds. The van der Waals surface area contributed by atoms with E-state index in [0.29, 0.717) is 16.7 Å². The number of halogens is 1. The van der Waals surface area contributed by atoms with Crippen LogP contribution in [0.3, 0.4) is 0 Å². The molecule has 1 aliphatic rings. The molecule has 1 aliphatic heterocycles. The van der Waals surface area contributed by atoms with Gasteiger partial charge in [0.1, 0.15) is 10.6 Å². The molecule has 0 aliphatic carbocycles. The molecule has 1 atom stereocenters. The first-order valence-corrected chi connectivity index (χ1v) is 7.21. The van der Waals surface area contributed by atoms with E-state index < -0.39 is 0 Å². The first kappa shape index (κ1) is 16.3. The number of carbonyl (C=O) groups is 1. The Morgan fingerprint density at radius 2 is 2.26 bits per heavy atom. The minimum atomic E-state index is 0. The third kappa shape index (κ3) is 3.84. The molecule has 108 valence electrons. The fourth-order valence-electron chi connectivity index (χ4n) is 2.33. The van der Waals surface area contributed by atoms with E-state index in [0.717, 1.165) is 32.4 Å². The normalized spacial score (nSPS) is 19.2. The summed E-state index contributed by atoms with van der Waals surface area (Å²) in [6.45, 7) is 2.05. The fraction of sp³-hybridized carbons (Fsp3) is 0.615. The minimum Gasteiger partial charge on any atom is -0.495 e. The molecule has 1 aromatic heterocycles. The van der Waals surface area contributed by atoms with Gasteiger partial charge in [-0.2, -0.15) is 0 Å². The van der Waals surface area contributed by atoms with E-state index in [4.69, 9.17) is 4.74 Å². The van der Waals surface area contributed by atoms with Crippen molar-refractivity contribution in [2.24, 2.45) is 0 Å². The highest BCUT2D eigenvalue weighted by Gasteiger charge is 2.24. The molecule has 0 radical (unpaired) electrons. The van der Waals surface area contributed by atoms with Crippen molar-refractivity contribution in [3.63, 3.8) is 0 Å². The molecule has 2 rings (SSSR count). The standard InChI is InChI=1S/C13H20N2O2S.ClH/c1-15(10-4-3-7-14-8-5-10)13(16)12-11(17-2)6-9-18-12;/h6,9-10,14H,3-5,7-8H2,1-2H3;1H. The van der Waals surface area contributed by atoms with E-state index in [-0.39, 0.29) is 18.3 Å². The summed E-state index contributed by atoms with van der Waals surface area (Å²) in [4.78, 5) is 15.0. The van der Waals surface area contributed by atoms with Crippen LogP contribution < -0.4 is 10.1 Å². The lowest BCUT2D eigenvalue weighted by molar-refractivity contribution is 0.0722. The second-order valence-corrected chi connectivity index (χ2v) is 5.49. The molecule has 0 saturated carbocycles. The highest BCUT2D eigenvalue weighted by atomic mass is 35.5. The Labute approximate surface area is 124 Å². The summed E-state index contributed by atoms with van der Waals surface area (Å²) >= 11 is 1.45. The number of methoxy groups -OCH3 is 1. The molecule has 0 bridgehead atoms. The van der Waals surface area contributed by atoms with Gasteiger partial charge in [0.05, 0.1) is 7.11 Å². The van der Waals surface area contributed by atoms with Crippen LogP contribution in [-0.2, 0) is 0 Å². The van der Waals surface area contributed by atoms with Gasteiger partial charge in [-0.1, -0.05) is 0 Å². The number of nitrogens with one attached hydrogen (secondary N) is 1. The molecule has 1 saturated heterocycles. The molecule has 0 spiro atoms. The van der Waals surface area contributed by atoms with Crippen LogP contribution in [0.4, 0.5) is 0 Å². The minimum absolute atomic E-state index is 0. The second-order valence-electron chi connectivity index (χ2n) is 4.57. The molecule has 1 fully saturated rings. The Morgan fingerprint density at radius 3 is 3.00 bits per heavy atom. The van der Waals surface area contributed by atoms with Crippen molar-refractivity contribution in [2.45, 2.75) is 25.3 Å². The van der Waals surface area contributed by atoms with Crippen LogP contribution in [0.2, 0.25) is 0 Å². The first-order chi connectivity index (χ1) is 8.74. The Kier molecular flexibility index (Phi) is 6.62. The molecule has 1 aromatic rings. The number of ether oxygens (including phenoxy) is 1. The van der Waals surface area contributed by atoms with Gasteiger partial charge in [-0.15, -0.1) is 23.7 Å². The summed E-state index contributed by atoms with van der Waals surface area (Å²) in [6.07, 6.45) is 3.22. The van der Waals surface area contributed by atoms with E-state index in [9.17, 15) is 4.79 Å². The lowest BCUT2D eigenvalue weighted by Gasteiger charge is -2.26. The number of hydrogen-bond donors (Lipinski definition) is 1. The van der Waals surface area contributed by atoms with Crippen LogP contribution in [0.25, 0.3) is 0 Å². The van der Waals surface area contributed by atoms with E-state index in [2.05, 4.69) is 5.32 Å². The van der Waals surface area contributed by atoms with Gasteiger partial charge in [-0.05, 0) is 43.8 Å². The monoisotopic (exact) mass is 304 g/mol. The molecule has 1 N–H and O–H groups in total. The fourth-order valence-corrected chi connectivity index (χ4v) is 3.17. The van der Waals surface area contributed by atoms with E-state index in [1.807, 2.05) is 23.4 Å². The quantitative estimate of drug-likeness (QED) is 0.932. The maximum atomic E-state index is 12.4. The SMILES string of the molecule is COc1ccsc1C(=O)N(C)C1CCCNCC1.Cl. The van der Waals surface area contributed by atoms with Gasteiger partial charge in [-0.25, -0.2) is 0 Å². The summed E-state index contributed by atoms with van der Waals surface area (Å²) in [5, 5.41) is 5.27. The van der Waals surface area contributed by atoms with Gasteiger partial charge in [-0.3, -0.25) is 4.79 Å². The third-order valence-electron chi connectivity index (χ3n) is 3.46. The summed E-state index contributed by atoms with van der Waals surface area (Å²) in [6, 6.07) is 2.18. The van der Waals surface area contributed by atoms with Crippen molar-refractivity contribution >= 4 is 29.7 Å². The highest BCUT2D eigenvalue weighted by molar-refractivity contribution is 7.12. The smallest absolute Gasteiger partial charge is 0.267 e.